The summed E-state index contributed by atoms with van der Waals surface area (Å²) in [5.74, 6) is -1.95. The normalized spacial score (nSPS) is 10.0. The maximum absolute atomic E-state index is 12.2. The summed E-state index contributed by atoms with van der Waals surface area (Å²) in [4.78, 5) is 49.8. The van der Waals surface area contributed by atoms with Gasteiger partial charge in [0.25, 0.3) is 5.91 Å². The van der Waals surface area contributed by atoms with E-state index in [2.05, 4.69) is 20.9 Å². The van der Waals surface area contributed by atoms with Crippen LogP contribution in [-0.2, 0) is 16.0 Å². The van der Waals surface area contributed by atoms with Gasteiger partial charge in [0.1, 0.15) is 0 Å². The van der Waals surface area contributed by atoms with Gasteiger partial charge in [-0.25, -0.2) is 4.79 Å². The molecule has 1 heterocycles. The van der Waals surface area contributed by atoms with E-state index in [1.165, 1.54) is 24.5 Å². The first kappa shape index (κ1) is 20.4. The molecule has 0 unspecified atom stereocenters. The van der Waals surface area contributed by atoms with E-state index in [1.807, 2.05) is 0 Å². The predicted molar refractivity (Wildman–Crippen MR) is 101 cm³/mol. The van der Waals surface area contributed by atoms with Gasteiger partial charge in [0.2, 0.25) is 5.91 Å². The third-order valence-electron chi connectivity index (χ3n) is 3.59. The Balaban J connectivity index is 1.93. The molecule has 2 rings (SSSR count). The van der Waals surface area contributed by atoms with Gasteiger partial charge in [0.15, 0.2) is 0 Å². The van der Waals surface area contributed by atoms with Crippen LogP contribution in [0.3, 0.4) is 0 Å². The molecule has 0 aliphatic rings. The van der Waals surface area contributed by atoms with Crippen molar-refractivity contribution in [1.82, 2.24) is 10.3 Å². The van der Waals surface area contributed by atoms with Crippen molar-refractivity contribution < 1.29 is 24.3 Å². The Kier molecular flexibility index (Phi) is 7.03. The van der Waals surface area contributed by atoms with Gasteiger partial charge in [0.05, 0.1) is 6.54 Å². The van der Waals surface area contributed by atoms with E-state index in [9.17, 15) is 19.2 Å². The number of aryl methyl sites for hydroxylation is 1. The van der Waals surface area contributed by atoms with Gasteiger partial charge in [-0.1, -0.05) is 6.07 Å². The summed E-state index contributed by atoms with van der Waals surface area (Å²) in [7, 11) is 0. The number of carboxylic acid groups (broad SMARTS) is 1. The van der Waals surface area contributed by atoms with E-state index in [4.69, 9.17) is 10.8 Å². The number of hydrogen-bond acceptors (Lipinski definition) is 5. The molecule has 0 aliphatic heterocycles. The number of rotatable bonds is 8. The summed E-state index contributed by atoms with van der Waals surface area (Å²) in [6, 6.07) is 6.86. The summed E-state index contributed by atoms with van der Waals surface area (Å²) in [6.45, 7) is -0.299. The van der Waals surface area contributed by atoms with Crippen molar-refractivity contribution >= 4 is 35.2 Å². The Morgan fingerprint density at radius 3 is 2.61 bits per heavy atom. The lowest BCUT2D eigenvalue weighted by molar-refractivity contribution is -0.137. The van der Waals surface area contributed by atoms with Gasteiger partial charge >= 0.3 is 12.0 Å². The fraction of sp³-hybridized carbons (Fsp3) is 0.167. The number of carbonyl (C=O) groups excluding carboxylic acids is 3. The van der Waals surface area contributed by atoms with Gasteiger partial charge in [-0.05, 0) is 36.2 Å². The molecule has 0 radical (unpaired) electrons. The maximum Gasteiger partial charge on any atom is 0.316 e. The molecule has 2 aromatic rings. The molecule has 4 amide bonds. The topological polar surface area (TPSA) is 164 Å². The number of nitrogens with two attached hydrogens (primary N) is 1. The molecule has 1 aromatic carbocycles. The van der Waals surface area contributed by atoms with Crippen molar-refractivity contribution in [1.29, 1.82) is 0 Å². The van der Waals surface area contributed by atoms with Crippen LogP contribution >= 0.6 is 0 Å². The number of carboxylic acids is 1. The van der Waals surface area contributed by atoms with Crippen molar-refractivity contribution in [3.05, 3.63) is 53.9 Å². The third-order valence-corrected chi connectivity index (χ3v) is 3.59. The van der Waals surface area contributed by atoms with Crippen LogP contribution in [-0.4, -0.2) is 40.5 Å². The number of carbonyl (C=O) groups is 4. The fourth-order valence-corrected chi connectivity index (χ4v) is 2.33. The number of benzene rings is 1. The Labute approximate surface area is 160 Å². The van der Waals surface area contributed by atoms with E-state index in [0.29, 0.717) is 16.9 Å². The summed E-state index contributed by atoms with van der Waals surface area (Å²) in [5, 5.41) is 16.2. The molecule has 0 atom stereocenters. The van der Waals surface area contributed by atoms with Gasteiger partial charge in [-0.3, -0.25) is 19.4 Å². The number of nitrogens with zero attached hydrogens (tertiary/aromatic N) is 1. The van der Waals surface area contributed by atoms with E-state index < -0.39 is 23.8 Å². The Morgan fingerprint density at radius 2 is 1.89 bits per heavy atom. The monoisotopic (exact) mass is 385 g/mol. The molecule has 146 valence electrons. The second-order valence-electron chi connectivity index (χ2n) is 5.73. The zero-order valence-electron chi connectivity index (χ0n) is 14.8. The first-order valence-electron chi connectivity index (χ1n) is 8.24. The molecule has 10 heteroatoms. The molecule has 0 saturated carbocycles. The number of primary amides is 1. The molecule has 10 nitrogen and oxygen atoms in total. The van der Waals surface area contributed by atoms with Gasteiger partial charge in [0, 0.05) is 35.8 Å². The molecule has 28 heavy (non-hydrogen) atoms. The summed E-state index contributed by atoms with van der Waals surface area (Å²) >= 11 is 0. The van der Waals surface area contributed by atoms with Crippen molar-refractivity contribution in [2.45, 2.75) is 12.8 Å². The molecule has 0 aliphatic carbocycles. The lowest BCUT2D eigenvalue weighted by Gasteiger charge is -2.11. The minimum Gasteiger partial charge on any atom is -0.481 e. The highest BCUT2D eigenvalue weighted by Crippen LogP contribution is 2.15. The first-order chi connectivity index (χ1) is 13.3. The van der Waals surface area contributed by atoms with Crippen LogP contribution < -0.4 is 21.7 Å². The maximum atomic E-state index is 12.2. The quantitative estimate of drug-likeness (QED) is 0.454. The van der Waals surface area contributed by atoms with E-state index >= 15 is 0 Å². The molecule has 6 N–H and O–H groups in total. The number of hydrogen-bond donors (Lipinski definition) is 5. The van der Waals surface area contributed by atoms with Crippen LogP contribution in [0.15, 0.2) is 42.7 Å². The molecule has 1 aromatic heterocycles. The number of urea groups is 1. The molecular formula is C18H19N5O5. The highest BCUT2D eigenvalue weighted by molar-refractivity contribution is 6.00. The second-order valence-corrected chi connectivity index (χ2v) is 5.73. The average molecular weight is 385 g/mol. The highest BCUT2D eigenvalue weighted by Gasteiger charge is 2.11. The Morgan fingerprint density at radius 1 is 1.11 bits per heavy atom. The molecule has 0 spiro atoms. The minimum atomic E-state index is -0.957. The number of amides is 4. The summed E-state index contributed by atoms with van der Waals surface area (Å²) < 4.78 is 0. The summed E-state index contributed by atoms with van der Waals surface area (Å²) in [5.41, 5.74) is 6.64. The van der Waals surface area contributed by atoms with E-state index in [0.717, 1.165) is 0 Å². The smallest absolute Gasteiger partial charge is 0.316 e. The number of nitrogens with one attached hydrogen (secondary N) is 3. The molecule has 0 fully saturated rings. The zero-order chi connectivity index (χ0) is 20.5. The third kappa shape index (κ3) is 6.41. The zero-order valence-corrected chi connectivity index (χ0v) is 14.8. The largest absolute Gasteiger partial charge is 0.481 e. The lowest BCUT2D eigenvalue weighted by Crippen LogP contribution is -2.33. The van der Waals surface area contributed by atoms with Crippen molar-refractivity contribution in [2.24, 2.45) is 5.73 Å². The standard InChI is InChI=1S/C18H19N5O5/c19-18(28)22-13-3-1-2-11(8-13)17(27)21-10-15(24)23-14-6-7-20-9-12(14)4-5-16(25)26/h1-3,6-9H,4-5,10H2,(H,21,27)(H,25,26)(H3,19,22,28)(H,20,23,24). The fourth-order valence-electron chi connectivity index (χ4n) is 2.33. The van der Waals surface area contributed by atoms with Crippen LogP contribution in [0.2, 0.25) is 0 Å². The number of aromatic nitrogens is 1. The first-order valence-corrected chi connectivity index (χ1v) is 8.24. The highest BCUT2D eigenvalue weighted by atomic mass is 16.4. The van der Waals surface area contributed by atoms with Gasteiger partial charge < -0.3 is 26.8 Å². The number of anilines is 2. The van der Waals surface area contributed by atoms with Crippen molar-refractivity contribution in [3.63, 3.8) is 0 Å². The Bertz CT molecular complexity index is 899. The van der Waals surface area contributed by atoms with Crippen molar-refractivity contribution in [2.75, 3.05) is 17.2 Å². The number of pyridine rings is 1. The van der Waals surface area contributed by atoms with Crippen LogP contribution in [0.25, 0.3) is 0 Å². The predicted octanol–water partition coefficient (Wildman–Crippen LogP) is 0.958. The van der Waals surface area contributed by atoms with Crippen molar-refractivity contribution in [3.8, 4) is 0 Å². The van der Waals surface area contributed by atoms with Crippen LogP contribution in [0, 0.1) is 0 Å². The van der Waals surface area contributed by atoms with E-state index in [-0.39, 0.29) is 24.9 Å². The SMILES string of the molecule is NC(=O)Nc1cccc(C(=O)NCC(=O)Nc2ccncc2CCC(=O)O)c1. The van der Waals surface area contributed by atoms with Gasteiger partial charge in [-0.2, -0.15) is 0 Å². The molecule has 0 saturated heterocycles. The minimum absolute atomic E-state index is 0.0963. The number of aliphatic carboxylic acids is 1. The van der Waals surface area contributed by atoms with Crippen LogP contribution in [0.1, 0.15) is 22.3 Å². The second kappa shape index (κ2) is 9.67. The molecular weight excluding hydrogens is 366 g/mol. The Hall–Kier alpha value is -3.95. The van der Waals surface area contributed by atoms with Crippen LogP contribution in [0.4, 0.5) is 16.2 Å². The summed E-state index contributed by atoms with van der Waals surface area (Å²) in [6.07, 6.45) is 3.07. The average Bonchev–Trinajstić information content (AvgIpc) is 2.65. The van der Waals surface area contributed by atoms with Crippen LogP contribution in [0.5, 0.6) is 0 Å². The lowest BCUT2D eigenvalue weighted by atomic mass is 10.1. The van der Waals surface area contributed by atoms with E-state index in [1.54, 1.807) is 18.2 Å². The van der Waals surface area contributed by atoms with Gasteiger partial charge in [-0.15, -0.1) is 0 Å². The molecule has 0 bridgehead atoms.